The molecular weight excluding hydrogens is 769 g/mol. The first-order valence-electron chi connectivity index (χ1n) is 27.8. The minimum absolute atomic E-state index is 0.0639. The molecule has 1 unspecified atom stereocenters. The van der Waals surface area contributed by atoms with Crippen molar-refractivity contribution >= 4 is 17.9 Å². The number of carbonyl (C=O) groups excluding carboxylic acids is 3. The van der Waals surface area contributed by atoms with E-state index in [9.17, 15) is 14.4 Å². The monoisotopic (exact) mass is 877 g/mol. The van der Waals surface area contributed by atoms with Crippen LogP contribution >= 0.6 is 0 Å². The molecule has 0 N–H and O–H groups in total. The molecule has 0 saturated heterocycles. The normalized spacial score (nSPS) is 12.5. The van der Waals surface area contributed by atoms with Gasteiger partial charge < -0.3 is 14.2 Å². The zero-order valence-electron chi connectivity index (χ0n) is 42.5. The lowest BCUT2D eigenvalue weighted by atomic mass is 10.00. The van der Waals surface area contributed by atoms with E-state index in [1.54, 1.807) is 0 Å². The van der Waals surface area contributed by atoms with Crippen LogP contribution < -0.4 is 0 Å². The summed E-state index contributed by atoms with van der Waals surface area (Å²) in [4.78, 5) is 38.0. The minimum atomic E-state index is -0.763. The molecule has 0 rings (SSSR count). The Balaban J connectivity index is 4.26. The van der Waals surface area contributed by atoms with Crippen LogP contribution in [0.15, 0.2) is 0 Å². The zero-order valence-corrected chi connectivity index (χ0v) is 42.5. The van der Waals surface area contributed by atoms with E-state index >= 15 is 0 Å². The summed E-state index contributed by atoms with van der Waals surface area (Å²) in [5.41, 5.74) is 0. The maximum Gasteiger partial charge on any atom is 0.306 e. The van der Waals surface area contributed by atoms with Gasteiger partial charge >= 0.3 is 17.9 Å². The Morgan fingerprint density at radius 2 is 0.613 bits per heavy atom. The van der Waals surface area contributed by atoms with Crippen molar-refractivity contribution in [1.29, 1.82) is 0 Å². The number of esters is 3. The Labute approximate surface area is 387 Å². The van der Waals surface area contributed by atoms with Crippen LogP contribution in [0.25, 0.3) is 0 Å². The lowest BCUT2D eigenvalue weighted by molar-refractivity contribution is -0.167. The fraction of sp³-hybridized carbons (Fsp3) is 0.946. The molecule has 0 amide bonds. The topological polar surface area (TPSA) is 78.9 Å². The number of carbonyl (C=O) groups is 3. The highest BCUT2D eigenvalue weighted by atomic mass is 16.6. The fourth-order valence-corrected chi connectivity index (χ4v) is 8.49. The maximum absolute atomic E-state index is 12.8. The molecule has 0 aliphatic heterocycles. The Hall–Kier alpha value is -1.59. The molecule has 0 bridgehead atoms. The molecule has 368 valence electrons. The van der Waals surface area contributed by atoms with Gasteiger partial charge in [-0.3, -0.25) is 14.4 Å². The number of ether oxygens (including phenoxy) is 3. The van der Waals surface area contributed by atoms with Crippen molar-refractivity contribution in [1.82, 2.24) is 0 Å². The van der Waals surface area contributed by atoms with E-state index in [1.165, 1.54) is 199 Å². The molecule has 2 atom stereocenters. The first-order chi connectivity index (χ1) is 30.3. The summed E-state index contributed by atoms with van der Waals surface area (Å²) in [5.74, 6) is 0.807. The van der Waals surface area contributed by atoms with Gasteiger partial charge in [0.1, 0.15) is 13.2 Å². The number of rotatable bonds is 50. The van der Waals surface area contributed by atoms with Crippen LogP contribution in [0, 0.1) is 11.8 Å². The van der Waals surface area contributed by atoms with Crippen molar-refractivity contribution in [3.8, 4) is 0 Å². The summed E-state index contributed by atoms with van der Waals surface area (Å²) in [6.45, 7) is 11.4. The highest BCUT2D eigenvalue weighted by Gasteiger charge is 2.19. The van der Waals surface area contributed by atoms with E-state index in [4.69, 9.17) is 14.2 Å². The molecule has 0 aliphatic carbocycles. The molecular formula is C56H108O6. The van der Waals surface area contributed by atoms with E-state index in [-0.39, 0.29) is 31.1 Å². The van der Waals surface area contributed by atoms with Crippen molar-refractivity contribution in [3.05, 3.63) is 0 Å². The van der Waals surface area contributed by atoms with Crippen LogP contribution in [0.5, 0.6) is 0 Å². The Bertz CT molecular complexity index is 949. The van der Waals surface area contributed by atoms with Crippen molar-refractivity contribution in [2.75, 3.05) is 13.2 Å². The van der Waals surface area contributed by atoms with Crippen molar-refractivity contribution in [3.63, 3.8) is 0 Å². The predicted octanol–water partition coefficient (Wildman–Crippen LogP) is 18.1. The summed E-state index contributed by atoms with van der Waals surface area (Å²) in [5, 5.41) is 0. The van der Waals surface area contributed by atoms with Gasteiger partial charge in [-0.15, -0.1) is 0 Å². The molecule has 0 aromatic carbocycles. The molecule has 6 heteroatoms. The lowest BCUT2D eigenvalue weighted by Gasteiger charge is -2.18. The van der Waals surface area contributed by atoms with Gasteiger partial charge in [0.05, 0.1) is 0 Å². The summed E-state index contributed by atoms with van der Waals surface area (Å²) in [6, 6.07) is 0. The quantitative estimate of drug-likeness (QED) is 0.0344. The third-order valence-electron chi connectivity index (χ3n) is 13.1. The molecule has 6 nitrogen and oxygen atoms in total. The van der Waals surface area contributed by atoms with Gasteiger partial charge in [-0.2, -0.15) is 0 Å². The number of hydrogen-bond donors (Lipinski definition) is 0. The molecule has 0 fully saturated rings. The largest absolute Gasteiger partial charge is 0.462 e. The van der Waals surface area contributed by atoms with Crippen LogP contribution in [0.1, 0.15) is 311 Å². The third kappa shape index (κ3) is 47.9. The van der Waals surface area contributed by atoms with E-state index < -0.39 is 6.10 Å². The Morgan fingerprint density at radius 3 is 0.919 bits per heavy atom. The maximum atomic E-state index is 12.8. The van der Waals surface area contributed by atoms with E-state index in [2.05, 4.69) is 34.6 Å². The average molecular weight is 877 g/mol. The molecule has 0 aromatic rings. The van der Waals surface area contributed by atoms with Crippen LogP contribution in [-0.2, 0) is 28.6 Å². The summed E-state index contributed by atoms with van der Waals surface area (Å²) < 4.78 is 16.8. The zero-order chi connectivity index (χ0) is 45.4. The van der Waals surface area contributed by atoms with Gasteiger partial charge in [-0.05, 0) is 31.1 Å². The predicted molar refractivity (Wildman–Crippen MR) is 266 cm³/mol. The second-order valence-corrected chi connectivity index (χ2v) is 19.9. The van der Waals surface area contributed by atoms with Gasteiger partial charge in [-0.25, -0.2) is 0 Å². The molecule has 0 spiro atoms. The second-order valence-electron chi connectivity index (χ2n) is 19.9. The van der Waals surface area contributed by atoms with Crippen LogP contribution in [-0.4, -0.2) is 37.2 Å². The van der Waals surface area contributed by atoms with Crippen LogP contribution in [0.4, 0.5) is 0 Å². The number of hydrogen-bond acceptors (Lipinski definition) is 6. The lowest BCUT2D eigenvalue weighted by Crippen LogP contribution is -2.30. The van der Waals surface area contributed by atoms with Gasteiger partial charge in [0, 0.05) is 19.3 Å². The van der Waals surface area contributed by atoms with E-state index in [0.717, 1.165) is 69.6 Å². The highest BCUT2D eigenvalue weighted by molar-refractivity contribution is 5.71. The Kier molecular flexibility index (Phi) is 47.6. The molecule has 62 heavy (non-hydrogen) atoms. The van der Waals surface area contributed by atoms with Crippen molar-refractivity contribution < 1.29 is 28.6 Å². The molecule has 0 saturated carbocycles. The van der Waals surface area contributed by atoms with Gasteiger partial charge in [0.25, 0.3) is 0 Å². The average Bonchev–Trinajstić information content (AvgIpc) is 3.26. The summed E-state index contributed by atoms with van der Waals surface area (Å²) in [6.07, 6.45) is 51.0. The molecule has 0 aliphatic rings. The van der Waals surface area contributed by atoms with Crippen molar-refractivity contribution in [2.45, 2.75) is 317 Å². The second kappa shape index (κ2) is 48.9. The van der Waals surface area contributed by atoms with Crippen LogP contribution in [0.2, 0.25) is 0 Å². The Morgan fingerprint density at radius 1 is 0.339 bits per heavy atom. The molecule has 0 aromatic heterocycles. The van der Waals surface area contributed by atoms with Gasteiger partial charge in [-0.1, -0.05) is 272 Å². The molecule has 0 radical (unpaired) electrons. The van der Waals surface area contributed by atoms with Gasteiger partial charge in [0.15, 0.2) is 6.10 Å². The smallest absolute Gasteiger partial charge is 0.306 e. The summed E-state index contributed by atoms with van der Waals surface area (Å²) in [7, 11) is 0. The minimum Gasteiger partial charge on any atom is -0.462 e. The highest BCUT2D eigenvalue weighted by Crippen LogP contribution is 2.18. The number of unbranched alkanes of at least 4 members (excludes halogenated alkanes) is 34. The third-order valence-corrected chi connectivity index (χ3v) is 13.1. The van der Waals surface area contributed by atoms with E-state index in [0.29, 0.717) is 19.3 Å². The first kappa shape index (κ1) is 60.4. The van der Waals surface area contributed by atoms with E-state index in [1.807, 2.05) is 0 Å². The van der Waals surface area contributed by atoms with Crippen molar-refractivity contribution in [2.24, 2.45) is 11.8 Å². The fourth-order valence-electron chi connectivity index (χ4n) is 8.49. The SMILES string of the molecule is CCCCCCCCCCCCCCCCCCCCC(=O)O[C@@H](COC(=O)CCCCCCCCCCCCCCCC(C)C)COC(=O)CCCCCCCCC(C)CC. The first-order valence-corrected chi connectivity index (χ1v) is 27.8. The molecule has 0 heterocycles. The van der Waals surface area contributed by atoms with Crippen LogP contribution in [0.3, 0.4) is 0 Å². The standard InChI is InChI=1S/C56H108O6/c1-6-8-9-10-11-12-13-14-15-16-17-18-21-25-28-31-38-43-48-56(59)62-53(50-61-55(58)47-42-37-33-32-35-40-45-52(5)7-2)49-60-54(57)46-41-36-30-27-24-22-19-20-23-26-29-34-39-44-51(3)4/h51-53H,6-50H2,1-5H3/t52?,53-/m0/s1. The van der Waals surface area contributed by atoms with Gasteiger partial charge in [0.2, 0.25) is 0 Å². The summed E-state index contributed by atoms with van der Waals surface area (Å²) >= 11 is 0.